The van der Waals surface area contributed by atoms with Crippen molar-refractivity contribution in [2.45, 2.75) is 51.6 Å². The third-order valence-electron chi connectivity index (χ3n) is 5.51. The van der Waals surface area contributed by atoms with E-state index in [0.29, 0.717) is 24.2 Å². The summed E-state index contributed by atoms with van der Waals surface area (Å²) in [5.74, 6) is -0.283. The Bertz CT molecular complexity index is 840. The lowest BCUT2D eigenvalue weighted by molar-refractivity contribution is -0.126. The minimum atomic E-state index is -0.552. The highest BCUT2D eigenvalue weighted by atomic mass is 16.5. The number of amides is 3. The first-order valence-electron chi connectivity index (χ1n) is 9.47. The molecule has 1 saturated heterocycles. The lowest BCUT2D eigenvalue weighted by Crippen LogP contribution is -2.50. The monoisotopic (exact) mass is 369 g/mol. The van der Waals surface area contributed by atoms with Gasteiger partial charge in [-0.15, -0.1) is 0 Å². The lowest BCUT2D eigenvalue weighted by Gasteiger charge is -2.33. The van der Waals surface area contributed by atoms with Crippen molar-refractivity contribution in [1.82, 2.24) is 10.2 Å². The highest BCUT2D eigenvalue weighted by Gasteiger charge is 2.39. The minimum absolute atomic E-state index is 0.114. The van der Waals surface area contributed by atoms with Gasteiger partial charge in [-0.3, -0.25) is 14.9 Å². The van der Waals surface area contributed by atoms with Gasteiger partial charge in [0.25, 0.3) is 5.91 Å². The molecule has 142 valence electrons. The van der Waals surface area contributed by atoms with E-state index in [9.17, 15) is 14.4 Å². The molecule has 3 amide bonds. The first kappa shape index (κ1) is 17.6. The molecule has 0 bridgehead atoms. The molecule has 1 unspecified atom stereocenters. The van der Waals surface area contributed by atoms with E-state index >= 15 is 0 Å². The zero-order valence-electron chi connectivity index (χ0n) is 15.3. The third kappa shape index (κ3) is 3.18. The number of ether oxygens (including phenoxy) is 1. The molecule has 0 radical (unpaired) electrons. The van der Waals surface area contributed by atoms with E-state index in [1.165, 1.54) is 12.0 Å². The van der Waals surface area contributed by atoms with Crippen LogP contribution >= 0.6 is 0 Å². The highest BCUT2D eigenvalue weighted by molar-refractivity contribution is 6.03. The van der Waals surface area contributed by atoms with E-state index in [2.05, 4.69) is 10.6 Å². The minimum Gasteiger partial charge on any atom is -0.450 e. The number of rotatable bonds is 3. The Morgan fingerprint density at radius 3 is 2.78 bits per heavy atom. The second kappa shape index (κ2) is 7.06. The van der Waals surface area contributed by atoms with Gasteiger partial charge >= 0.3 is 6.09 Å². The molecule has 0 spiro atoms. The van der Waals surface area contributed by atoms with E-state index < -0.39 is 12.1 Å². The predicted octanol–water partition coefficient (Wildman–Crippen LogP) is 2.93. The van der Waals surface area contributed by atoms with Gasteiger partial charge in [0.2, 0.25) is 5.91 Å². The number of piperidine rings is 1. The Morgan fingerprint density at radius 2 is 2.11 bits per heavy atom. The molecule has 2 N–H and O–H groups in total. The van der Waals surface area contributed by atoms with Crippen LogP contribution in [-0.4, -0.2) is 35.5 Å². The number of anilines is 1. The summed E-state index contributed by atoms with van der Waals surface area (Å²) in [6, 6.07) is 4.72. The molecule has 1 atom stereocenters. The van der Waals surface area contributed by atoms with Crippen molar-refractivity contribution in [2.75, 3.05) is 11.9 Å². The molecule has 1 aliphatic carbocycles. The number of hydrogen-bond donors (Lipinski definition) is 2. The zero-order chi connectivity index (χ0) is 19.0. The molecular formula is C20H23N3O4. The molecule has 0 aromatic heterocycles. The average Bonchev–Trinajstić information content (AvgIpc) is 2.92. The number of allylic oxidation sites excluding steroid dienone is 2. The maximum atomic E-state index is 12.9. The molecule has 2 heterocycles. The van der Waals surface area contributed by atoms with Crippen molar-refractivity contribution in [3.8, 4) is 0 Å². The lowest BCUT2D eigenvalue weighted by atomic mass is 9.87. The Labute approximate surface area is 157 Å². The summed E-state index contributed by atoms with van der Waals surface area (Å²) in [4.78, 5) is 38.9. The maximum absolute atomic E-state index is 12.9. The Balaban J connectivity index is 1.52. The van der Waals surface area contributed by atoms with Gasteiger partial charge in [0.1, 0.15) is 6.04 Å². The van der Waals surface area contributed by atoms with Crippen molar-refractivity contribution in [3.63, 3.8) is 0 Å². The topological polar surface area (TPSA) is 87.7 Å². The van der Waals surface area contributed by atoms with Gasteiger partial charge in [-0.2, -0.15) is 0 Å². The van der Waals surface area contributed by atoms with Crippen LogP contribution in [0, 0.1) is 0 Å². The first-order chi connectivity index (χ1) is 13.1. The number of nitrogens with zero attached hydrogens (tertiary/aromatic N) is 1. The van der Waals surface area contributed by atoms with Gasteiger partial charge in [-0.05, 0) is 51.2 Å². The Morgan fingerprint density at radius 1 is 1.30 bits per heavy atom. The molecule has 7 heteroatoms. The fraction of sp³-hybridized carbons (Fsp3) is 0.450. The summed E-state index contributed by atoms with van der Waals surface area (Å²) >= 11 is 0. The molecule has 1 aromatic carbocycles. The van der Waals surface area contributed by atoms with Crippen molar-refractivity contribution in [2.24, 2.45) is 0 Å². The van der Waals surface area contributed by atoms with E-state index in [4.69, 9.17) is 4.74 Å². The predicted molar refractivity (Wildman–Crippen MR) is 99.0 cm³/mol. The smallest absolute Gasteiger partial charge is 0.411 e. The van der Waals surface area contributed by atoms with Crippen LogP contribution in [0.2, 0.25) is 0 Å². The fourth-order valence-corrected chi connectivity index (χ4v) is 3.92. The van der Waals surface area contributed by atoms with E-state index in [1.54, 1.807) is 30.0 Å². The van der Waals surface area contributed by atoms with Crippen LogP contribution in [0.5, 0.6) is 0 Å². The quantitative estimate of drug-likeness (QED) is 0.857. The Hall–Kier alpha value is -2.83. The summed E-state index contributed by atoms with van der Waals surface area (Å²) in [5, 5.41) is 5.70. The third-order valence-corrected chi connectivity index (χ3v) is 5.51. The van der Waals surface area contributed by atoms with Crippen molar-refractivity contribution < 1.29 is 19.1 Å². The second-order valence-corrected chi connectivity index (χ2v) is 7.09. The summed E-state index contributed by atoms with van der Waals surface area (Å²) in [5.41, 5.74) is 4.21. The second-order valence-electron chi connectivity index (χ2n) is 7.09. The van der Waals surface area contributed by atoms with Crippen LogP contribution in [0.3, 0.4) is 0 Å². The van der Waals surface area contributed by atoms with E-state index in [0.717, 1.165) is 30.5 Å². The van der Waals surface area contributed by atoms with Crippen molar-refractivity contribution >= 4 is 23.6 Å². The van der Waals surface area contributed by atoms with Crippen LogP contribution in [0.25, 0.3) is 0 Å². The van der Waals surface area contributed by atoms with E-state index in [-0.39, 0.29) is 18.4 Å². The van der Waals surface area contributed by atoms with Crippen LogP contribution in [0.4, 0.5) is 10.5 Å². The van der Waals surface area contributed by atoms with Gasteiger partial charge in [0, 0.05) is 29.1 Å². The Kier molecular flexibility index (Phi) is 4.59. The highest BCUT2D eigenvalue weighted by Crippen LogP contribution is 2.35. The summed E-state index contributed by atoms with van der Waals surface area (Å²) < 4.78 is 4.93. The molecule has 4 rings (SSSR count). The number of benzene rings is 1. The van der Waals surface area contributed by atoms with Gasteiger partial charge in [-0.1, -0.05) is 11.6 Å². The van der Waals surface area contributed by atoms with Crippen molar-refractivity contribution in [1.29, 1.82) is 0 Å². The fourth-order valence-electron chi connectivity index (χ4n) is 3.92. The molecule has 3 aliphatic rings. The average molecular weight is 369 g/mol. The zero-order valence-corrected chi connectivity index (χ0v) is 15.3. The van der Waals surface area contributed by atoms with Gasteiger partial charge in [-0.25, -0.2) is 4.79 Å². The first-order valence-corrected chi connectivity index (χ1v) is 9.47. The van der Waals surface area contributed by atoms with Gasteiger partial charge in [0.15, 0.2) is 0 Å². The van der Waals surface area contributed by atoms with Gasteiger partial charge in [0.05, 0.1) is 6.61 Å². The van der Waals surface area contributed by atoms with E-state index in [1.807, 2.05) is 0 Å². The molecule has 27 heavy (non-hydrogen) atoms. The number of hydrogen-bond acceptors (Lipinski definition) is 4. The summed E-state index contributed by atoms with van der Waals surface area (Å²) in [7, 11) is 0. The van der Waals surface area contributed by atoms with Crippen molar-refractivity contribution in [3.05, 3.63) is 40.6 Å². The van der Waals surface area contributed by atoms with Crippen LogP contribution < -0.4 is 10.6 Å². The maximum Gasteiger partial charge on any atom is 0.411 e. The molecule has 2 aliphatic heterocycles. The van der Waals surface area contributed by atoms with Gasteiger partial charge < -0.3 is 15.0 Å². The molecule has 1 saturated carbocycles. The molecular weight excluding hydrogens is 346 g/mol. The number of carbonyl (C=O) groups is 3. The van der Waals surface area contributed by atoms with Crippen LogP contribution in [0.1, 0.15) is 54.9 Å². The number of fused-ring (bicyclic) bond motifs is 1. The van der Waals surface area contributed by atoms with Crippen LogP contribution in [0.15, 0.2) is 29.5 Å². The number of carbonyl (C=O) groups excluding carboxylic acids is 3. The summed E-state index contributed by atoms with van der Waals surface area (Å²) in [6.45, 7) is 2.31. The SMILES string of the molecule is CCOC(=O)Nc1cccc2c1CN(C1CCC(=C3CCC3)NC1=O)C2=O. The normalized spacial score (nSPS) is 21.5. The van der Waals surface area contributed by atoms with Crippen LogP contribution in [-0.2, 0) is 16.1 Å². The standard InChI is InChI=1S/C20H23N3O4/c1-2-27-20(26)22-16-8-4-7-13-14(16)11-23(19(13)25)17-10-9-15(21-18(17)24)12-5-3-6-12/h4,7-8,17H,2-3,5-6,9-11H2,1H3,(H,21,24)(H,22,26). The molecule has 2 fully saturated rings. The molecule has 1 aromatic rings. The number of nitrogens with one attached hydrogen (secondary N) is 2. The molecule has 7 nitrogen and oxygen atoms in total. The largest absolute Gasteiger partial charge is 0.450 e. The summed E-state index contributed by atoms with van der Waals surface area (Å²) in [6.07, 6.45) is 4.19.